The third-order valence-corrected chi connectivity index (χ3v) is 7.08. The first-order chi connectivity index (χ1) is 18.3. The van der Waals surface area contributed by atoms with E-state index in [-0.39, 0.29) is 40.3 Å². The van der Waals surface area contributed by atoms with Crippen LogP contribution in [-0.2, 0) is 11.3 Å². The highest BCUT2D eigenvalue weighted by Crippen LogP contribution is 2.36. The molecule has 2 aliphatic rings. The van der Waals surface area contributed by atoms with E-state index in [1.54, 1.807) is 33.0 Å². The zero-order valence-electron chi connectivity index (χ0n) is 22.4. The van der Waals surface area contributed by atoms with Crippen LogP contribution >= 0.6 is 0 Å². The van der Waals surface area contributed by atoms with Gasteiger partial charge in [0.15, 0.2) is 5.82 Å². The number of anilines is 1. The molecule has 11 heteroatoms. The van der Waals surface area contributed by atoms with E-state index >= 15 is 4.39 Å². The number of ether oxygens (including phenoxy) is 1. The Morgan fingerprint density at radius 3 is 2.64 bits per heavy atom. The molecule has 1 fully saturated rings. The number of carbonyl (C=O) groups excluding carboxylic acids is 2. The van der Waals surface area contributed by atoms with E-state index < -0.39 is 35.1 Å². The summed E-state index contributed by atoms with van der Waals surface area (Å²) in [5.74, 6) is -0.673. The molecule has 1 aromatic carbocycles. The highest BCUT2D eigenvalue weighted by atomic mass is 19.1. The number of fused-ring (bicyclic) bond motifs is 1. The molecule has 3 aromatic rings. The van der Waals surface area contributed by atoms with Gasteiger partial charge >= 0.3 is 6.09 Å². The Labute approximate surface area is 225 Å². The van der Waals surface area contributed by atoms with Gasteiger partial charge in [-0.2, -0.15) is 10.4 Å². The fourth-order valence-electron chi connectivity index (χ4n) is 5.01. The lowest BCUT2D eigenvalue weighted by molar-refractivity contribution is 0.0247. The van der Waals surface area contributed by atoms with Crippen molar-refractivity contribution in [3.8, 4) is 23.0 Å². The molecule has 0 aliphatic carbocycles. The molecule has 0 spiro atoms. The second kappa shape index (κ2) is 9.17. The first kappa shape index (κ1) is 26.3. The van der Waals surface area contributed by atoms with Crippen molar-refractivity contribution in [1.29, 1.82) is 5.26 Å². The van der Waals surface area contributed by atoms with Gasteiger partial charge in [0.25, 0.3) is 5.91 Å². The monoisotopic (exact) mass is 532 g/mol. The summed E-state index contributed by atoms with van der Waals surface area (Å²) >= 11 is 0. The minimum Gasteiger partial charge on any atom is -0.443 e. The van der Waals surface area contributed by atoms with Gasteiger partial charge in [0.1, 0.15) is 11.4 Å². The molecule has 2 amide bonds. The van der Waals surface area contributed by atoms with Crippen molar-refractivity contribution in [3.63, 3.8) is 0 Å². The van der Waals surface area contributed by atoms with Gasteiger partial charge in [-0.05, 0) is 59.2 Å². The Morgan fingerprint density at radius 2 is 2.00 bits per heavy atom. The van der Waals surface area contributed by atoms with E-state index in [4.69, 9.17) is 9.84 Å². The Bertz CT molecular complexity index is 1530. The van der Waals surface area contributed by atoms with E-state index in [2.05, 4.69) is 4.98 Å². The highest BCUT2D eigenvalue weighted by molar-refractivity contribution is 6.08. The molecule has 202 valence electrons. The SMILES string of the molecule is CC(C)(C)OC(=O)N1Cc2nc(-c3c(F)cccc3C#N)cc(-n3ccc(N4CCC(O)C4(C)C)n3)c2C1=O. The molecule has 1 N–H and O–H groups in total. The van der Waals surface area contributed by atoms with Crippen molar-refractivity contribution < 1.29 is 23.8 Å². The number of amides is 2. The predicted octanol–water partition coefficient (Wildman–Crippen LogP) is 4.19. The van der Waals surface area contributed by atoms with E-state index in [1.807, 2.05) is 24.8 Å². The lowest BCUT2D eigenvalue weighted by Crippen LogP contribution is -2.45. The van der Waals surface area contributed by atoms with Crippen molar-refractivity contribution in [2.75, 3.05) is 11.4 Å². The number of imide groups is 1. The van der Waals surface area contributed by atoms with E-state index in [0.29, 0.717) is 18.8 Å². The first-order valence-corrected chi connectivity index (χ1v) is 12.6. The molecule has 10 nitrogen and oxygen atoms in total. The van der Waals surface area contributed by atoms with Crippen molar-refractivity contribution >= 4 is 17.8 Å². The number of pyridine rings is 1. The summed E-state index contributed by atoms with van der Waals surface area (Å²) in [5.41, 5.74) is -0.531. The summed E-state index contributed by atoms with van der Waals surface area (Å²) in [4.78, 5) is 33.9. The molecule has 0 bridgehead atoms. The first-order valence-electron chi connectivity index (χ1n) is 12.6. The van der Waals surface area contributed by atoms with Gasteiger partial charge in [-0.25, -0.2) is 23.8 Å². The summed E-state index contributed by atoms with van der Waals surface area (Å²) in [6.07, 6.45) is 0.887. The highest BCUT2D eigenvalue weighted by Gasteiger charge is 2.42. The average Bonchev–Trinajstić information content (AvgIpc) is 3.53. The summed E-state index contributed by atoms with van der Waals surface area (Å²) in [7, 11) is 0. The quantitative estimate of drug-likeness (QED) is 0.533. The second-order valence-corrected chi connectivity index (χ2v) is 11.2. The Morgan fingerprint density at radius 1 is 1.26 bits per heavy atom. The van der Waals surface area contributed by atoms with Gasteiger partial charge in [0.2, 0.25) is 0 Å². The van der Waals surface area contributed by atoms with Crippen molar-refractivity contribution in [3.05, 3.63) is 59.2 Å². The molecule has 1 unspecified atom stereocenters. The van der Waals surface area contributed by atoms with Gasteiger partial charge in [0.05, 0.1) is 58.0 Å². The minimum absolute atomic E-state index is 0.0107. The van der Waals surface area contributed by atoms with Gasteiger partial charge in [0, 0.05) is 18.8 Å². The Kier molecular flexibility index (Phi) is 6.18. The van der Waals surface area contributed by atoms with Gasteiger partial charge in [-0.15, -0.1) is 0 Å². The molecule has 2 aliphatic heterocycles. The number of carbonyl (C=O) groups is 2. The van der Waals surface area contributed by atoms with Crippen LogP contribution in [0.2, 0.25) is 0 Å². The summed E-state index contributed by atoms with van der Waals surface area (Å²) in [5, 5.41) is 24.8. The number of nitriles is 1. The number of aromatic nitrogens is 3. The van der Waals surface area contributed by atoms with Crippen LogP contribution in [0.3, 0.4) is 0 Å². The van der Waals surface area contributed by atoms with Crippen molar-refractivity contribution in [2.45, 2.75) is 64.8 Å². The van der Waals surface area contributed by atoms with Crippen LogP contribution < -0.4 is 4.90 Å². The van der Waals surface area contributed by atoms with Crippen LogP contribution in [0.15, 0.2) is 36.5 Å². The third-order valence-electron chi connectivity index (χ3n) is 7.08. The van der Waals surface area contributed by atoms with Crippen LogP contribution in [0.1, 0.15) is 62.7 Å². The second-order valence-electron chi connectivity index (χ2n) is 11.2. The van der Waals surface area contributed by atoms with Crippen molar-refractivity contribution in [2.24, 2.45) is 0 Å². The summed E-state index contributed by atoms with van der Waals surface area (Å²) < 4.78 is 21.9. The zero-order chi connectivity index (χ0) is 28.3. The molecule has 5 rings (SSSR count). The minimum atomic E-state index is -0.827. The normalized spacial score (nSPS) is 18.3. The lowest BCUT2D eigenvalue weighted by atomic mass is 9.99. The molecule has 0 saturated carbocycles. The average molecular weight is 533 g/mol. The van der Waals surface area contributed by atoms with Crippen LogP contribution in [0.25, 0.3) is 16.9 Å². The van der Waals surface area contributed by atoms with Gasteiger partial charge < -0.3 is 14.7 Å². The number of halogens is 1. The molecular formula is C28H29FN6O4. The molecule has 39 heavy (non-hydrogen) atoms. The maximum absolute atomic E-state index is 15.0. The molecule has 1 saturated heterocycles. The number of aliphatic hydroxyl groups is 1. The van der Waals surface area contributed by atoms with Crippen LogP contribution in [0.4, 0.5) is 15.0 Å². The Hall–Kier alpha value is -4.30. The number of rotatable bonds is 3. The molecule has 0 radical (unpaired) electrons. The van der Waals surface area contributed by atoms with Crippen LogP contribution in [0, 0.1) is 17.1 Å². The van der Waals surface area contributed by atoms with Crippen LogP contribution in [0.5, 0.6) is 0 Å². The standard InChI is InChI=1S/C28H29FN6O4/c1-27(2,3)39-26(38)33-15-19-24(25(33)37)20(13-18(31-19)23-16(14-30)7-6-8-17(23)29)35-12-10-22(32-35)34-11-9-21(36)28(34,4)5/h6-8,10,12-13,21,36H,9,11,15H2,1-5H3. The Balaban J connectivity index is 1.65. The van der Waals surface area contributed by atoms with Gasteiger partial charge in [-0.1, -0.05) is 6.07 Å². The number of aliphatic hydroxyl groups excluding tert-OH is 1. The lowest BCUT2D eigenvalue weighted by Gasteiger charge is -2.33. The molecular weight excluding hydrogens is 503 g/mol. The number of nitrogens with zero attached hydrogens (tertiary/aromatic N) is 6. The third kappa shape index (κ3) is 4.51. The number of hydrogen-bond donors (Lipinski definition) is 1. The maximum atomic E-state index is 15.0. The van der Waals surface area contributed by atoms with E-state index in [0.717, 1.165) is 4.90 Å². The largest absolute Gasteiger partial charge is 0.443 e. The van der Waals surface area contributed by atoms with E-state index in [9.17, 15) is 20.0 Å². The van der Waals surface area contributed by atoms with E-state index in [1.165, 1.54) is 28.9 Å². The fourth-order valence-corrected chi connectivity index (χ4v) is 5.01. The number of benzene rings is 1. The van der Waals surface area contributed by atoms with Crippen molar-refractivity contribution in [1.82, 2.24) is 19.7 Å². The maximum Gasteiger partial charge on any atom is 0.417 e. The molecule has 1 atom stereocenters. The fraction of sp³-hybridized carbons (Fsp3) is 0.393. The number of hydrogen-bond acceptors (Lipinski definition) is 8. The molecule has 2 aromatic heterocycles. The molecule has 4 heterocycles. The topological polar surface area (TPSA) is 125 Å². The van der Waals surface area contributed by atoms with Gasteiger partial charge in [-0.3, -0.25) is 4.79 Å². The van der Waals surface area contributed by atoms with Crippen LogP contribution in [-0.4, -0.2) is 60.6 Å². The summed E-state index contributed by atoms with van der Waals surface area (Å²) in [6, 6.07) is 9.41. The summed E-state index contributed by atoms with van der Waals surface area (Å²) in [6.45, 7) is 9.36. The smallest absolute Gasteiger partial charge is 0.417 e. The zero-order valence-corrected chi connectivity index (χ0v) is 22.4. The predicted molar refractivity (Wildman–Crippen MR) is 140 cm³/mol.